The van der Waals surface area contributed by atoms with Crippen molar-refractivity contribution in [2.45, 2.75) is 20.4 Å². The zero-order chi connectivity index (χ0) is 13.4. The van der Waals surface area contributed by atoms with E-state index >= 15 is 0 Å². The fraction of sp³-hybridized carbons (Fsp3) is 0.214. The second-order valence-electron chi connectivity index (χ2n) is 4.63. The Morgan fingerprint density at radius 3 is 2.89 bits per heavy atom. The van der Waals surface area contributed by atoms with Crippen molar-refractivity contribution in [3.8, 4) is 0 Å². The topological polar surface area (TPSA) is 46.5 Å². The van der Waals surface area contributed by atoms with E-state index in [-0.39, 0.29) is 0 Å². The Bertz CT molecular complexity index is 801. The third-order valence-corrected chi connectivity index (χ3v) is 3.41. The van der Waals surface area contributed by atoms with Gasteiger partial charge < -0.3 is 9.55 Å². The monoisotopic (exact) mass is 270 g/mol. The average Bonchev–Trinajstić information content (AvgIpc) is 2.66. The number of nitrogens with zero attached hydrogens (tertiary/aromatic N) is 3. The molecule has 0 spiro atoms. The molecule has 19 heavy (non-hydrogen) atoms. The summed E-state index contributed by atoms with van der Waals surface area (Å²) >= 11 is 5.39. The second kappa shape index (κ2) is 4.59. The minimum atomic E-state index is 0.658. The highest BCUT2D eigenvalue weighted by atomic mass is 32.1. The number of benzene rings is 1. The van der Waals surface area contributed by atoms with Crippen molar-refractivity contribution in [1.82, 2.24) is 19.5 Å². The van der Waals surface area contributed by atoms with Gasteiger partial charge in [0, 0.05) is 6.20 Å². The number of imidazole rings is 1. The molecule has 0 aliphatic rings. The Labute approximate surface area is 116 Å². The van der Waals surface area contributed by atoms with E-state index in [0.717, 1.165) is 27.3 Å². The highest BCUT2D eigenvalue weighted by Gasteiger charge is 2.06. The number of hydrogen-bond donors (Lipinski definition) is 1. The third-order valence-electron chi connectivity index (χ3n) is 3.08. The number of nitrogens with one attached hydrogen (secondary N) is 1. The van der Waals surface area contributed by atoms with Crippen LogP contribution in [-0.2, 0) is 6.54 Å². The van der Waals surface area contributed by atoms with Gasteiger partial charge in [-0.1, -0.05) is 6.07 Å². The maximum Gasteiger partial charge on any atom is 0.178 e. The van der Waals surface area contributed by atoms with Crippen LogP contribution in [0.15, 0.2) is 30.5 Å². The molecule has 1 aromatic carbocycles. The van der Waals surface area contributed by atoms with E-state index in [1.165, 1.54) is 5.56 Å². The Hall–Kier alpha value is -2.01. The molecule has 1 N–H and O–H groups in total. The molecule has 0 saturated carbocycles. The van der Waals surface area contributed by atoms with Gasteiger partial charge in [0.05, 0.1) is 23.3 Å². The van der Waals surface area contributed by atoms with Crippen molar-refractivity contribution < 1.29 is 0 Å². The molecule has 0 saturated heterocycles. The summed E-state index contributed by atoms with van der Waals surface area (Å²) in [5, 5.41) is 0. The minimum absolute atomic E-state index is 0.658. The summed E-state index contributed by atoms with van der Waals surface area (Å²) < 4.78 is 2.79. The van der Waals surface area contributed by atoms with Crippen molar-refractivity contribution in [2.24, 2.45) is 0 Å². The molecule has 96 valence electrons. The fourth-order valence-electron chi connectivity index (χ4n) is 2.17. The van der Waals surface area contributed by atoms with Crippen LogP contribution in [-0.4, -0.2) is 19.5 Å². The van der Waals surface area contributed by atoms with Gasteiger partial charge in [-0.15, -0.1) is 0 Å². The first kappa shape index (κ1) is 12.0. The molecular weight excluding hydrogens is 256 g/mol. The predicted molar refractivity (Wildman–Crippen MR) is 77.7 cm³/mol. The first-order valence-corrected chi connectivity index (χ1v) is 6.52. The molecule has 4 nitrogen and oxygen atoms in total. The van der Waals surface area contributed by atoms with Gasteiger partial charge >= 0.3 is 0 Å². The van der Waals surface area contributed by atoms with Crippen LogP contribution in [0.25, 0.3) is 11.0 Å². The number of fused-ring (bicyclic) bond motifs is 1. The van der Waals surface area contributed by atoms with Gasteiger partial charge in [-0.3, -0.25) is 0 Å². The van der Waals surface area contributed by atoms with E-state index in [1.54, 1.807) is 6.20 Å². The number of aryl methyl sites for hydroxylation is 2. The quantitative estimate of drug-likeness (QED) is 0.728. The zero-order valence-electron chi connectivity index (χ0n) is 10.8. The molecule has 2 heterocycles. The normalized spacial score (nSPS) is 11.1. The standard InChI is InChI=1S/C14H14N4S/c1-9-3-4-12-13(7-9)18(14(19)17-12)8-11-5-6-15-10(2)16-11/h3-7H,8H2,1-2H3,(H,17,19). The Morgan fingerprint density at radius 1 is 1.26 bits per heavy atom. The maximum atomic E-state index is 5.39. The average molecular weight is 270 g/mol. The molecule has 0 amide bonds. The molecule has 0 fully saturated rings. The summed E-state index contributed by atoms with van der Waals surface area (Å²) in [5.41, 5.74) is 4.35. The highest BCUT2D eigenvalue weighted by Crippen LogP contribution is 2.17. The number of aromatic nitrogens is 4. The van der Waals surface area contributed by atoms with Gasteiger partial charge in [-0.2, -0.15) is 0 Å². The van der Waals surface area contributed by atoms with Gasteiger partial charge in [-0.25, -0.2) is 9.97 Å². The van der Waals surface area contributed by atoms with Gasteiger partial charge in [0.25, 0.3) is 0 Å². The number of hydrogen-bond acceptors (Lipinski definition) is 3. The summed E-state index contributed by atoms with van der Waals surface area (Å²) in [6.07, 6.45) is 1.78. The van der Waals surface area contributed by atoms with Crippen LogP contribution >= 0.6 is 12.2 Å². The van der Waals surface area contributed by atoms with Gasteiger partial charge in [0.1, 0.15) is 5.82 Å². The molecule has 0 bridgehead atoms. The van der Waals surface area contributed by atoms with Gasteiger partial charge in [0.15, 0.2) is 4.77 Å². The van der Waals surface area contributed by atoms with E-state index in [2.05, 4.69) is 44.6 Å². The van der Waals surface area contributed by atoms with Crippen LogP contribution in [0.1, 0.15) is 17.1 Å². The van der Waals surface area contributed by atoms with Crippen LogP contribution in [0.5, 0.6) is 0 Å². The number of rotatable bonds is 2. The predicted octanol–water partition coefficient (Wildman–Crippen LogP) is 3.15. The minimum Gasteiger partial charge on any atom is -0.331 e. The van der Waals surface area contributed by atoms with E-state index in [9.17, 15) is 0 Å². The molecule has 3 rings (SSSR count). The van der Waals surface area contributed by atoms with Crippen LogP contribution in [0.2, 0.25) is 0 Å². The summed E-state index contributed by atoms with van der Waals surface area (Å²) in [6, 6.07) is 8.19. The molecule has 0 atom stereocenters. The summed E-state index contributed by atoms with van der Waals surface area (Å²) in [4.78, 5) is 11.8. The molecule has 0 aliphatic carbocycles. The van der Waals surface area contributed by atoms with E-state index in [1.807, 2.05) is 13.0 Å². The van der Waals surface area contributed by atoms with Crippen LogP contribution < -0.4 is 0 Å². The van der Waals surface area contributed by atoms with Crippen LogP contribution in [0, 0.1) is 18.6 Å². The van der Waals surface area contributed by atoms with Crippen molar-refractivity contribution in [3.63, 3.8) is 0 Å². The number of H-pyrrole nitrogens is 1. The third kappa shape index (κ3) is 2.29. The maximum absolute atomic E-state index is 5.39. The van der Waals surface area contributed by atoms with Crippen LogP contribution in [0.3, 0.4) is 0 Å². The lowest BCUT2D eigenvalue weighted by Crippen LogP contribution is -2.03. The largest absolute Gasteiger partial charge is 0.331 e. The summed E-state index contributed by atoms with van der Waals surface area (Å²) in [7, 11) is 0. The number of aromatic amines is 1. The lowest BCUT2D eigenvalue weighted by Gasteiger charge is -2.05. The highest BCUT2D eigenvalue weighted by molar-refractivity contribution is 7.71. The van der Waals surface area contributed by atoms with Crippen molar-refractivity contribution in [3.05, 3.63) is 52.3 Å². The zero-order valence-corrected chi connectivity index (χ0v) is 11.7. The lowest BCUT2D eigenvalue weighted by molar-refractivity contribution is 0.773. The van der Waals surface area contributed by atoms with Crippen molar-refractivity contribution in [2.75, 3.05) is 0 Å². The molecular formula is C14H14N4S. The first-order chi connectivity index (χ1) is 9.13. The lowest BCUT2D eigenvalue weighted by atomic mass is 10.2. The smallest absolute Gasteiger partial charge is 0.178 e. The molecule has 0 radical (unpaired) electrons. The Balaban J connectivity index is 2.12. The summed E-state index contributed by atoms with van der Waals surface area (Å²) in [6.45, 7) is 4.63. The van der Waals surface area contributed by atoms with Crippen molar-refractivity contribution in [1.29, 1.82) is 0 Å². The SMILES string of the molecule is Cc1ccc2[nH]c(=S)n(Cc3ccnc(C)n3)c2c1. The van der Waals surface area contributed by atoms with E-state index < -0.39 is 0 Å². The van der Waals surface area contributed by atoms with Gasteiger partial charge in [-0.05, 0) is 49.8 Å². The molecule has 5 heteroatoms. The Morgan fingerprint density at radius 2 is 2.11 bits per heavy atom. The Kier molecular flexibility index (Phi) is 2.91. The fourth-order valence-corrected chi connectivity index (χ4v) is 2.45. The second-order valence-corrected chi connectivity index (χ2v) is 5.02. The molecule has 0 aliphatic heterocycles. The van der Waals surface area contributed by atoms with Gasteiger partial charge in [0.2, 0.25) is 0 Å². The molecule has 0 unspecified atom stereocenters. The van der Waals surface area contributed by atoms with Crippen molar-refractivity contribution >= 4 is 23.3 Å². The van der Waals surface area contributed by atoms with E-state index in [0.29, 0.717) is 6.54 Å². The van der Waals surface area contributed by atoms with E-state index in [4.69, 9.17) is 12.2 Å². The summed E-state index contributed by atoms with van der Waals surface area (Å²) in [5.74, 6) is 0.778. The first-order valence-electron chi connectivity index (χ1n) is 6.11. The van der Waals surface area contributed by atoms with Crippen LogP contribution in [0.4, 0.5) is 0 Å². The molecule has 2 aromatic heterocycles. The molecule has 3 aromatic rings.